The van der Waals surface area contributed by atoms with E-state index in [9.17, 15) is 5.26 Å². The third-order valence-electron chi connectivity index (χ3n) is 3.95. The molecule has 2 aliphatic carbocycles. The Morgan fingerprint density at radius 3 is 2.62 bits per heavy atom. The van der Waals surface area contributed by atoms with E-state index in [0.29, 0.717) is 5.92 Å². The molecule has 0 bridgehead atoms. The summed E-state index contributed by atoms with van der Waals surface area (Å²) in [7, 11) is 0. The average Bonchev–Trinajstić information content (AvgIpc) is 2.73. The van der Waals surface area contributed by atoms with E-state index in [1.807, 2.05) is 0 Å². The molecule has 0 spiro atoms. The summed E-state index contributed by atoms with van der Waals surface area (Å²) in [5.74, 6) is 0.680. The van der Waals surface area contributed by atoms with Crippen molar-refractivity contribution in [3.05, 3.63) is 15.6 Å². The average molecular weight is 232 g/mol. The molecule has 1 aromatic rings. The molecule has 2 saturated carbocycles. The summed E-state index contributed by atoms with van der Waals surface area (Å²) < 4.78 is 0. The van der Waals surface area contributed by atoms with Crippen LogP contribution in [0.25, 0.3) is 0 Å². The number of aromatic nitrogens is 1. The molecule has 1 aromatic heterocycles. The smallest absolute Gasteiger partial charge is 0.113 e. The Hall–Kier alpha value is -0.880. The van der Waals surface area contributed by atoms with E-state index >= 15 is 0 Å². The number of rotatable bonds is 2. The van der Waals surface area contributed by atoms with E-state index in [0.717, 1.165) is 17.8 Å². The van der Waals surface area contributed by atoms with Gasteiger partial charge < -0.3 is 0 Å². The van der Waals surface area contributed by atoms with Gasteiger partial charge in [-0.2, -0.15) is 5.26 Å². The molecule has 0 aromatic carbocycles. The second kappa shape index (κ2) is 3.56. The van der Waals surface area contributed by atoms with Gasteiger partial charge in [-0.25, -0.2) is 4.98 Å². The zero-order chi connectivity index (χ0) is 11.2. The van der Waals surface area contributed by atoms with E-state index in [1.165, 1.54) is 36.3 Å². The Labute approximate surface area is 100 Å². The lowest BCUT2D eigenvalue weighted by atomic mass is 10.0. The number of nitrogens with zero attached hydrogens (tertiary/aromatic N) is 2. The van der Waals surface area contributed by atoms with E-state index in [4.69, 9.17) is 4.98 Å². The largest absolute Gasteiger partial charge is 0.244 e. The maximum Gasteiger partial charge on any atom is 0.113 e. The highest BCUT2D eigenvalue weighted by Gasteiger charge is 2.48. The highest BCUT2D eigenvalue weighted by molar-refractivity contribution is 7.11. The van der Waals surface area contributed by atoms with Crippen LogP contribution < -0.4 is 0 Å². The maximum absolute atomic E-state index is 9.19. The van der Waals surface area contributed by atoms with Crippen LogP contribution in [0.4, 0.5) is 0 Å². The quantitative estimate of drug-likeness (QED) is 0.780. The van der Waals surface area contributed by atoms with Gasteiger partial charge in [0.25, 0.3) is 0 Å². The second-order valence-corrected chi connectivity index (χ2v) is 6.34. The zero-order valence-corrected chi connectivity index (χ0v) is 10.4. The standard InChI is InChI=1S/C13H16N2S/c1-9-11(10-4-2-3-5-10)15-12(16-9)13(8-14)6-7-13/h10H,2-7H2,1H3. The molecule has 0 unspecified atom stereocenters. The van der Waals surface area contributed by atoms with Crippen molar-refractivity contribution in [3.63, 3.8) is 0 Å². The third-order valence-corrected chi connectivity index (χ3v) is 5.14. The van der Waals surface area contributed by atoms with Crippen LogP contribution in [0.15, 0.2) is 0 Å². The van der Waals surface area contributed by atoms with Crippen molar-refractivity contribution < 1.29 is 0 Å². The molecule has 0 atom stereocenters. The van der Waals surface area contributed by atoms with Crippen LogP contribution in [0, 0.1) is 18.3 Å². The van der Waals surface area contributed by atoms with E-state index in [1.54, 1.807) is 11.3 Å². The van der Waals surface area contributed by atoms with Crippen molar-refractivity contribution in [3.8, 4) is 6.07 Å². The molecule has 2 fully saturated rings. The summed E-state index contributed by atoms with van der Waals surface area (Å²) in [6.07, 6.45) is 7.31. The highest BCUT2D eigenvalue weighted by Crippen LogP contribution is 2.50. The Balaban J connectivity index is 1.93. The van der Waals surface area contributed by atoms with Gasteiger partial charge in [0.2, 0.25) is 0 Å². The highest BCUT2D eigenvalue weighted by atomic mass is 32.1. The SMILES string of the molecule is Cc1sc(C2(C#N)CC2)nc1C1CCCC1. The molecular formula is C13H16N2S. The first-order valence-corrected chi connectivity index (χ1v) is 6.96. The zero-order valence-electron chi connectivity index (χ0n) is 9.62. The molecule has 2 nitrogen and oxygen atoms in total. The van der Waals surface area contributed by atoms with Gasteiger partial charge in [0, 0.05) is 10.8 Å². The van der Waals surface area contributed by atoms with Gasteiger partial charge in [-0.1, -0.05) is 12.8 Å². The predicted octanol–water partition coefficient (Wildman–Crippen LogP) is 3.66. The Morgan fingerprint density at radius 2 is 2.06 bits per heavy atom. The first-order valence-electron chi connectivity index (χ1n) is 6.14. The number of hydrogen-bond acceptors (Lipinski definition) is 3. The van der Waals surface area contributed by atoms with Crippen molar-refractivity contribution in [1.82, 2.24) is 4.98 Å². The molecule has 3 rings (SSSR count). The van der Waals surface area contributed by atoms with Crippen LogP contribution in [0.5, 0.6) is 0 Å². The summed E-state index contributed by atoms with van der Waals surface area (Å²) in [4.78, 5) is 6.14. The molecule has 0 radical (unpaired) electrons. The number of nitriles is 1. The van der Waals surface area contributed by atoms with Crippen LogP contribution in [0.1, 0.15) is 60.0 Å². The molecule has 84 valence electrons. The van der Waals surface area contributed by atoms with Crippen LogP contribution in [-0.4, -0.2) is 4.98 Å². The molecule has 0 aliphatic heterocycles. The van der Waals surface area contributed by atoms with Gasteiger partial charge >= 0.3 is 0 Å². The molecule has 3 heteroatoms. The lowest BCUT2D eigenvalue weighted by Gasteiger charge is -2.06. The molecule has 16 heavy (non-hydrogen) atoms. The first kappa shape index (κ1) is 10.3. The number of aryl methyl sites for hydroxylation is 1. The van der Waals surface area contributed by atoms with Crippen molar-refractivity contribution >= 4 is 11.3 Å². The monoisotopic (exact) mass is 232 g/mol. The normalized spacial score (nSPS) is 23.2. The topological polar surface area (TPSA) is 36.7 Å². The number of thiazole rings is 1. The van der Waals surface area contributed by atoms with E-state index in [-0.39, 0.29) is 5.41 Å². The lowest BCUT2D eigenvalue weighted by Crippen LogP contribution is -2.03. The minimum absolute atomic E-state index is 0.188. The van der Waals surface area contributed by atoms with Gasteiger partial charge in [0.15, 0.2) is 0 Å². The molecule has 0 N–H and O–H groups in total. The third kappa shape index (κ3) is 1.48. The summed E-state index contributed by atoms with van der Waals surface area (Å²) in [5, 5.41) is 10.3. The summed E-state index contributed by atoms with van der Waals surface area (Å²) >= 11 is 1.76. The minimum atomic E-state index is -0.188. The number of hydrogen-bond donors (Lipinski definition) is 0. The van der Waals surface area contributed by atoms with Crippen molar-refractivity contribution in [2.75, 3.05) is 0 Å². The van der Waals surface area contributed by atoms with Gasteiger partial charge in [-0.05, 0) is 32.6 Å². The van der Waals surface area contributed by atoms with E-state index in [2.05, 4.69) is 13.0 Å². The first-order chi connectivity index (χ1) is 7.75. The molecular weight excluding hydrogens is 216 g/mol. The van der Waals surface area contributed by atoms with E-state index < -0.39 is 0 Å². The van der Waals surface area contributed by atoms with Crippen LogP contribution in [0.2, 0.25) is 0 Å². The molecule has 1 heterocycles. The van der Waals surface area contributed by atoms with Gasteiger partial charge in [0.1, 0.15) is 10.4 Å². The Bertz CT molecular complexity index is 445. The van der Waals surface area contributed by atoms with Gasteiger partial charge in [-0.15, -0.1) is 11.3 Å². The Kier molecular flexibility index (Phi) is 2.29. The Morgan fingerprint density at radius 1 is 1.38 bits per heavy atom. The molecule has 0 amide bonds. The fourth-order valence-electron chi connectivity index (χ4n) is 2.69. The van der Waals surface area contributed by atoms with Crippen LogP contribution in [0.3, 0.4) is 0 Å². The van der Waals surface area contributed by atoms with Crippen LogP contribution >= 0.6 is 11.3 Å². The fraction of sp³-hybridized carbons (Fsp3) is 0.692. The molecule has 2 aliphatic rings. The predicted molar refractivity (Wildman–Crippen MR) is 64.6 cm³/mol. The van der Waals surface area contributed by atoms with Crippen molar-refractivity contribution in [2.24, 2.45) is 0 Å². The fourth-order valence-corrected chi connectivity index (χ4v) is 3.89. The van der Waals surface area contributed by atoms with Gasteiger partial charge in [0.05, 0.1) is 11.8 Å². The minimum Gasteiger partial charge on any atom is -0.244 e. The lowest BCUT2D eigenvalue weighted by molar-refractivity contribution is 0.690. The summed E-state index contributed by atoms with van der Waals surface area (Å²) in [5.41, 5.74) is 1.12. The second-order valence-electron chi connectivity index (χ2n) is 5.14. The van der Waals surface area contributed by atoms with Crippen molar-refractivity contribution in [2.45, 2.75) is 56.8 Å². The summed E-state index contributed by atoms with van der Waals surface area (Å²) in [6, 6.07) is 2.45. The van der Waals surface area contributed by atoms with Gasteiger partial charge in [-0.3, -0.25) is 0 Å². The summed E-state index contributed by atoms with van der Waals surface area (Å²) in [6.45, 7) is 2.17. The van der Waals surface area contributed by atoms with Crippen molar-refractivity contribution in [1.29, 1.82) is 5.26 Å². The maximum atomic E-state index is 9.19. The van der Waals surface area contributed by atoms with Crippen LogP contribution in [-0.2, 0) is 5.41 Å². The molecule has 0 saturated heterocycles.